The molecule has 0 unspecified atom stereocenters. The second-order valence-electron chi connectivity index (χ2n) is 4.01. The van der Waals surface area contributed by atoms with Crippen LogP contribution in [0.4, 0.5) is 14.5 Å². The highest BCUT2D eigenvalue weighted by Crippen LogP contribution is 2.14. The first-order valence-electron chi connectivity index (χ1n) is 5.53. The molecular formula is C14H10ClF2NO. The van der Waals surface area contributed by atoms with Crippen LogP contribution in [0.5, 0.6) is 0 Å². The molecule has 0 spiro atoms. The summed E-state index contributed by atoms with van der Waals surface area (Å²) in [4.78, 5) is 11.7. The summed E-state index contributed by atoms with van der Waals surface area (Å²) in [5.41, 5.74) is 0.857. The molecular weight excluding hydrogens is 272 g/mol. The van der Waals surface area contributed by atoms with Crippen molar-refractivity contribution in [3.05, 3.63) is 64.7 Å². The van der Waals surface area contributed by atoms with Crippen LogP contribution in [0.25, 0.3) is 0 Å². The number of anilines is 1. The molecule has 1 amide bonds. The first-order valence-corrected chi connectivity index (χ1v) is 5.91. The first kappa shape index (κ1) is 13.5. The van der Waals surface area contributed by atoms with Crippen molar-refractivity contribution in [2.24, 2.45) is 0 Å². The standard InChI is InChI=1S/C14H10ClF2NO/c15-10-3-1-9(2-4-10)5-14(19)18-13-7-11(16)6-12(17)8-13/h1-4,6-8H,5H2,(H,18,19). The predicted molar refractivity (Wildman–Crippen MR) is 70.1 cm³/mol. The van der Waals surface area contributed by atoms with Gasteiger partial charge < -0.3 is 5.32 Å². The van der Waals surface area contributed by atoms with Gasteiger partial charge in [0, 0.05) is 16.8 Å². The minimum atomic E-state index is -0.734. The Balaban J connectivity index is 2.03. The predicted octanol–water partition coefficient (Wildman–Crippen LogP) is 3.80. The highest BCUT2D eigenvalue weighted by Gasteiger charge is 2.06. The quantitative estimate of drug-likeness (QED) is 0.911. The molecule has 19 heavy (non-hydrogen) atoms. The highest BCUT2D eigenvalue weighted by atomic mass is 35.5. The SMILES string of the molecule is O=C(Cc1ccc(Cl)cc1)Nc1cc(F)cc(F)c1. The van der Waals surface area contributed by atoms with Gasteiger partial charge in [0.15, 0.2) is 0 Å². The number of benzene rings is 2. The molecule has 98 valence electrons. The molecule has 0 aromatic heterocycles. The third-order valence-corrected chi connectivity index (χ3v) is 2.68. The van der Waals surface area contributed by atoms with E-state index in [0.717, 1.165) is 23.8 Å². The van der Waals surface area contributed by atoms with Crippen molar-refractivity contribution < 1.29 is 13.6 Å². The zero-order chi connectivity index (χ0) is 13.8. The highest BCUT2D eigenvalue weighted by molar-refractivity contribution is 6.30. The molecule has 0 bridgehead atoms. The van der Waals surface area contributed by atoms with Crippen molar-refractivity contribution in [1.29, 1.82) is 0 Å². The van der Waals surface area contributed by atoms with E-state index in [1.54, 1.807) is 24.3 Å². The zero-order valence-electron chi connectivity index (χ0n) is 9.79. The molecule has 2 aromatic rings. The third kappa shape index (κ3) is 4.03. The Morgan fingerprint density at radius 1 is 1.05 bits per heavy atom. The van der Waals surface area contributed by atoms with Crippen LogP contribution in [-0.4, -0.2) is 5.91 Å². The molecule has 2 nitrogen and oxygen atoms in total. The van der Waals surface area contributed by atoms with Gasteiger partial charge in [0.05, 0.1) is 6.42 Å². The number of amides is 1. The summed E-state index contributed by atoms with van der Waals surface area (Å²) in [5, 5.41) is 3.01. The van der Waals surface area contributed by atoms with E-state index in [9.17, 15) is 13.6 Å². The van der Waals surface area contributed by atoms with E-state index in [1.807, 2.05) is 0 Å². The molecule has 2 aromatic carbocycles. The number of carbonyl (C=O) groups is 1. The topological polar surface area (TPSA) is 29.1 Å². The van der Waals surface area contributed by atoms with Gasteiger partial charge in [0.25, 0.3) is 0 Å². The van der Waals surface area contributed by atoms with E-state index >= 15 is 0 Å². The third-order valence-electron chi connectivity index (χ3n) is 2.42. The molecule has 0 aliphatic rings. The van der Waals surface area contributed by atoms with Gasteiger partial charge in [-0.1, -0.05) is 23.7 Å². The van der Waals surface area contributed by atoms with Crippen LogP contribution in [0, 0.1) is 11.6 Å². The molecule has 2 rings (SSSR count). The second-order valence-corrected chi connectivity index (χ2v) is 4.45. The molecule has 0 aliphatic carbocycles. The number of nitrogens with one attached hydrogen (secondary N) is 1. The molecule has 0 fully saturated rings. The average molecular weight is 282 g/mol. The van der Waals surface area contributed by atoms with Gasteiger partial charge in [-0.25, -0.2) is 8.78 Å². The number of carbonyl (C=O) groups excluding carboxylic acids is 1. The Kier molecular flexibility index (Phi) is 4.12. The Morgan fingerprint density at radius 3 is 2.21 bits per heavy atom. The Morgan fingerprint density at radius 2 is 1.63 bits per heavy atom. The molecule has 1 N–H and O–H groups in total. The maximum Gasteiger partial charge on any atom is 0.228 e. The normalized spacial score (nSPS) is 10.3. The van der Waals surface area contributed by atoms with Crippen LogP contribution in [-0.2, 0) is 11.2 Å². The van der Waals surface area contributed by atoms with Crippen LogP contribution in [0.3, 0.4) is 0 Å². The Hall–Kier alpha value is -1.94. The summed E-state index contributed by atoms with van der Waals surface area (Å²) in [5.74, 6) is -1.82. The maximum absolute atomic E-state index is 12.9. The van der Waals surface area contributed by atoms with E-state index in [4.69, 9.17) is 11.6 Å². The molecule has 5 heteroatoms. The smallest absolute Gasteiger partial charge is 0.228 e. The average Bonchev–Trinajstić information content (AvgIpc) is 2.30. The van der Waals surface area contributed by atoms with Gasteiger partial charge in [-0.3, -0.25) is 4.79 Å². The number of halogens is 3. The lowest BCUT2D eigenvalue weighted by molar-refractivity contribution is -0.115. The maximum atomic E-state index is 12.9. The van der Waals surface area contributed by atoms with Crippen molar-refractivity contribution in [3.8, 4) is 0 Å². The largest absolute Gasteiger partial charge is 0.326 e. The van der Waals surface area contributed by atoms with Gasteiger partial charge in [0.1, 0.15) is 11.6 Å². The van der Waals surface area contributed by atoms with E-state index < -0.39 is 11.6 Å². The lowest BCUT2D eigenvalue weighted by Crippen LogP contribution is -2.14. The van der Waals surface area contributed by atoms with E-state index in [1.165, 1.54) is 0 Å². The molecule has 0 aliphatic heterocycles. The van der Waals surface area contributed by atoms with Crippen LogP contribution in [0.1, 0.15) is 5.56 Å². The molecule has 0 heterocycles. The summed E-state index contributed by atoms with van der Waals surface area (Å²) in [7, 11) is 0. The van der Waals surface area contributed by atoms with Crippen LogP contribution in [0.2, 0.25) is 5.02 Å². The van der Waals surface area contributed by atoms with E-state index in [2.05, 4.69) is 5.32 Å². The lowest BCUT2D eigenvalue weighted by atomic mass is 10.1. The van der Waals surface area contributed by atoms with Crippen molar-refractivity contribution in [2.45, 2.75) is 6.42 Å². The summed E-state index contributed by atoms with van der Waals surface area (Å²) < 4.78 is 25.9. The first-order chi connectivity index (χ1) is 9.02. The van der Waals surface area contributed by atoms with E-state index in [0.29, 0.717) is 5.02 Å². The Labute approximate surface area is 114 Å². The van der Waals surface area contributed by atoms with Crippen molar-refractivity contribution in [3.63, 3.8) is 0 Å². The lowest BCUT2D eigenvalue weighted by Gasteiger charge is -2.06. The molecule has 0 radical (unpaired) electrons. The monoisotopic (exact) mass is 281 g/mol. The fourth-order valence-corrected chi connectivity index (χ4v) is 1.74. The number of hydrogen-bond donors (Lipinski definition) is 1. The fourth-order valence-electron chi connectivity index (χ4n) is 1.62. The summed E-state index contributed by atoms with van der Waals surface area (Å²) >= 11 is 5.73. The summed E-state index contributed by atoms with van der Waals surface area (Å²) in [6.45, 7) is 0. The van der Waals surface area contributed by atoms with Gasteiger partial charge in [-0.15, -0.1) is 0 Å². The minimum absolute atomic E-state index is 0.0939. The van der Waals surface area contributed by atoms with E-state index in [-0.39, 0.29) is 18.0 Å². The summed E-state index contributed by atoms with van der Waals surface area (Å²) in [6.07, 6.45) is 0.106. The second kappa shape index (κ2) is 5.80. The zero-order valence-corrected chi connectivity index (χ0v) is 10.5. The molecule has 0 saturated carbocycles. The van der Waals surface area contributed by atoms with Gasteiger partial charge in [-0.05, 0) is 29.8 Å². The van der Waals surface area contributed by atoms with Crippen molar-refractivity contribution in [2.75, 3.05) is 5.32 Å². The molecule has 0 atom stereocenters. The van der Waals surface area contributed by atoms with Gasteiger partial charge >= 0.3 is 0 Å². The van der Waals surface area contributed by atoms with Crippen molar-refractivity contribution in [1.82, 2.24) is 0 Å². The van der Waals surface area contributed by atoms with Crippen LogP contribution < -0.4 is 5.32 Å². The number of hydrogen-bond acceptors (Lipinski definition) is 1. The van der Waals surface area contributed by atoms with Crippen molar-refractivity contribution >= 4 is 23.2 Å². The Bertz CT molecular complexity index is 579. The van der Waals surface area contributed by atoms with Crippen LogP contribution >= 0.6 is 11.6 Å². The number of rotatable bonds is 3. The van der Waals surface area contributed by atoms with Gasteiger partial charge in [0.2, 0.25) is 5.91 Å². The minimum Gasteiger partial charge on any atom is -0.326 e. The van der Waals surface area contributed by atoms with Gasteiger partial charge in [-0.2, -0.15) is 0 Å². The fraction of sp³-hybridized carbons (Fsp3) is 0.0714. The molecule has 0 saturated heterocycles. The summed E-state index contributed by atoms with van der Waals surface area (Å²) in [6, 6.07) is 9.64. The van der Waals surface area contributed by atoms with Crippen LogP contribution in [0.15, 0.2) is 42.5 Å².